The van der Waals surface area contributed by atoms with Gasteiger partial charge in [-0.25, -0.2) is 4.39 Å². The second kappa shape index (κ2) is 5.72. The van der Waals surface area contributed by atoms with Gasteiger partial charge in [-0.05, 0) is 48.9 Å². The van der Waals surface area contributed by atoms with Gasteiger partial charge in [0, 0.05) is 13.1 Å². The summed E-state index contributed by atoms with van der Waals surface area (Å²) in [6.07, 6.45) is -3.85. The summed E-state index contributed by atoms with van der Waals surface area (Å²) < 4.78 is 52.4. The van der Waals surface area contributed by atoms with E-state index in [4.69, 9.17) is 0 Å². The highest BCUT2D eigenvalue weighted by Crippen LogP contribution is 2.51. The molecule has 1 heterocycles. The van der Waals surface area contributed by atoms with E-state index in [1.165, 1.54) is 0 Å². The highest BCUT2D eigenvalue weighted by Gasteiger charge is 2.54. The van der Waals surface area contributed by atoms with Crippen molar-refractivity contribution >= 4 is 5.91 Å². The van der Waals surface area contributed by atoms with Crippen molar-refractivity contribution in [1.82, 2.24) is 4.90 Å². The van der Waals surface area contributed by atoms with Crippen LogP contribution >= 0.6 is 0 Å². The fourth-order valence-corrected chi connectivity index (χ4v) is 3.40. The summed E-state index contributed by atoms with van der Waals surface area (Å²) in [6.45, 7) is 2.56. The number of piperidine rings is 1. The number of halogens is 4. The number of rotatable bonds is 2. The number of hydrogen-bond donors (Lipinski definition) is 1. The smallest absolute Gasteiger partial charge is 0.393 e. The van der Waals surface area contributed by atoms with Crippen molar-refractivity contribution in [2.24, 2.45) is 5.92 Å². The molecule has 2 unspecified atom stereocenters. The first-order valence-corrected chi connectivity index (χ1v) is 7.99. The van der Waals surface area contributed by atoms with Gasteiger partial charge in [-0.2, -0.15) is 13.2 Å². The third-order valence-electron chi connectivity index (χ3n) is 5.08. The van der Waals surface area contributed by atoms with E-state index in [-0.39, 0.29) is 17.4 Å². The Morgan fingerprint density at radius 2 is 1.96 bits per heavy atom. The lowest BCUT2D eigenvalue weighted by Crippen LogP contribution is -2.48. The van der Waals surface area contributed by atoms with E-state index < -0.39 is 29.1 Å². The molecular formula is C17H19F4NO2. The summed E-state index contributed by atoms with van der Waals surface area (Å²) in [4.78, 5) is 14.4. The van der Waals surface area contributed by atoms with Crippen molar-refractivity contribution in [3.63, 3.8) is 0 Å². The molecule has 1 amide bonds. The maximum absolute atomic E-state index is 13.7. The average molecular weight is 345 g/mol. The molecule has 1 saturated heterocycles. The molecule has 2 aliphatic rings. The highest BCUT2D eigenvalue weighted by atomic mass is 19.4. The van der Waals surface area contributed by atoms with Gasteiger partial charge in [-0.3, -0.25) is 4.79 Å². The molecule has 0 bridgehead atoms. The van der Waals surface area contributed by atoms with Crippen LogP contribution in [-0.4, -0.2) is 35.1 Å². The summed E-state index contributed by atoms with van der Waals surface area (Å²) in [5.74, 6) is -1.34. The van der Waals surface area contributed by atoms with Crippen molar-refractivity contribution in [3.05, 3.63) is 35.1 Å². The first-order valence-electron chi connectivity index (χ1n) is 7.99. The largest absolute Gasteiger partial charge is 0.416 e. The number of benzene rings is 1. The molecule has 132 valence electrons. The Morgan fingerprint density at radius 3 is 2.50 bits per heavy atom. The molecule has 24 heavy (non-hydrogen) atoms. The van der Waals surface area contributed by atoms with Gasteiger partial charge in [0.25, 0.3) is 0 Å². The van der Waals surface area contributed by atoms with E-state index in [2.05, 4.69) is 0 Å². The van der Waals surface area contributed by atoms with E-state index in [0.717, 1.165) is 12.1 Å². The number of alkyl halides is 3. The summed E-state index contributed by atoms with van der Waals surface area (Å²) in [7, 11) is 0. The number of carbonyl (C=O) groups excluding carboxylic acids is 1. The summed E-state index contributed by atoms with van der Waals surface area (Å²) in [6, 6.07) is 2.36. The maximum atomic E-state index is 13.7. The van der Waals surface area contributed by atoms with Gasteiger partial charge in [-0.1, -0.05) is 6.92 Å². The van der Waals surface area contributed by atoms with E-state index in [0.29, 0.717) is 38.4 Å². The zero-order chi connectivity index (χ0) is 17.7. The van der Waals surface area contributed by atoms with Gasteiger partial charge < -0.3 is 10.0 Å². The van der Waals surface area contributed by atoms with Gasteiger partial charge in [-0.15, -0.1) is 0 Å². The molecule has 3 rings (SSSR count). The summed E-state index contributed by atoms with van der Waals surface area (Å²) in [5.41, 5.74) is -2.03. The van der Waals surface area contributed by atoms with Crippen LogP contribution in [0.4, 0.5) is 17.6 Å². The number of aliphatic hydroxyl groups is 1. The third kappa shape index (κ3) is 3.01. The third-order valence-corrected chi connectivity index (χ3v) is 5.08. The predicted molar refractivity (Wildman–Crippen MR) is 78.7 cm³/mol. The van der Waals surface area contributed by atoms with E-state index in [1.54, 1.807) is 4.90 Å². The molecule has 1 aromatic carbocycles. The SMILES string of the molecule is CC1CN(C(=O)C2(c3cc(F)cc(C(F)(F)F)c3)CC2)CCC1O. The lowest BCUT2D eigenvalue weighted by molar-refractivity contribution is -0.139. The van der Waals surface area contributed by atoms with Gasteiger partial charge in [0.1, 0.15) is 5.82 Å². The van der Waals surface area contributed by atoms with E-state index in [9.17, 15) is 27.5 Å². The molecule has 1 aromatic rings. The van der Waals surface area contributed by atoms with Crippen molar-refractivity contribution in [1.29, 1.82) is 0 Å². The molecule has 2 atom stereocenters. The van der Waals surface area contributed by atoms with Crippen LogP contribution in [0.25, 0.3) is 0 Å². The summed E-state index contributed by atoms with van der Waals surface area (Å²) in [5, 5.41) is 9.76. The molecule has 1 aliphatic heterocycles. The van der Waals surface area contributed by atoms with E-state index >= 15 is 0 Å². The number of aliphatic hydroxyl groups excluding tert-OH is 1. The number of carbonyl (C=O) groups is 1. The standard InChI is InChI=1S/C17H19F4NO2/c1-10-9-22(5-2-14(10)23)15(24)16(3-4-16)11-6-12(17(19,20)21)8-13(18)7-11/h6-8,10,14,23H,2-5,9H2,1H3. The Hall–Kier alpha value is -1.63. The van der Waals surface area contributed by atoms with Crippen molar-refractivity contribution in [2.45, 2.75) is 43.9 Å². The Morgan fingerprint density at radius 1 is 1.29 bits per heavy atom. The fourth-order valence-electron chi connectivity index (χ4n) is 3.40. The predicted octanol–water partition coefficient (Wildman–Crippen LogP) is 3.11. The maximum Gasteiger partial charge on any atom is 0.416 e. The minimum Gasteiger partial charge on any atom is -0.393 e. The first-order chi connectivity index (χ1) is 11.1. The van der Waals surface area contributed by atoms with Crippen LogP contribution in [0, 0.1) is 11.7 Å². The van der Waals surface area contributed by atoms with Crippen molar-refractivity contribution in [3.8, 4) is 0 Å². The first kappa shape index (κ1) is 17.2. The highest BCUT2D eigenvalue weighted by molar-refractivity contribution is 5.91. The quantitative estimate of drug-likeness (QED) is 0.837. The molecule has 0 aromatic heterocycles. The monoisotopic (exact) mass is 345 g/mol. The van der Waals surface area contributed by atoms with Crippen LogP contribution < -0.4 is 0 Å². The number of hydrogen-bond acceptors (Lipinski definition) is 2. The van der Waals surface area contributed by atoms with Crippen molar-refractivity contribution in [2.75, 3.05) is 13.1 Å². The lowest BCUT2D eigenvalue weighted by atomic mass is 9.90. The Bertz CT molecular complexity index is 654. The lowest BCUT2D eigenvalue weighted by Gasteiger charge is -2.36. The van der Waals surface area contributed by atoms with Crippen LogP contribution in [-0.2, 0) is 16.4 Å². The molecule has 1 N–H and O–H groups in total. The van der Waals surface area contributed by atoms with Crippen LogP contribution in [0.1, 0.15) is 37.3 Å². The minimum absolute atomic E-state index is 0.0863. The van der Waals surface area contributed by atoms with Gasteiger partial charge >= 0.3 is 6.18 Å². The van der Waals surface area contributed by atoms with Crippen LogP contribution in [0.2, 0.25) is 0 Å². The molecule has 1 aliphatic carbocycles. The second-order valence-corrected chi connectivity index (χ2v) is 6.89. The normalized spacial score (nSPS) is 26.3. The van der Waals surface area contributed by atoms with Crippen LogP contribution in [0.15, 0.2) is 18.2 Å². The molecule has 7 heteroatoms. The topological polar surface area (TPSA) is 40.5 Å². The molecular weight excluding hydrogens is 326 g/mol. The Kier molecular flexibility index (Phi) is 4.10. The van der Waals surface area contributed by atoms with Crippen molar-refractivity contribution < 1.29 is 27.5 Å². The van der Waals surface area contributed by atoms with Gasteiger partial charge in [0.05, 0.1) is 17.1 Å². The number of likely N-dealkylation sites (tertiary alicyclic amines) is 1. The fraction of sp³-hybridized carbons (Fsp3) is 0.588. The zero-order valence-electron chi connectivity index (χ0n) is 13.2. The molecule has 0 radical (unpaired) electrons. The average Bonchev–Trinajstić information content (AvgIpc) is 3.29. The second-order valence-electron chi connectivity index (χ2n) is 6.89. The molecule has 1 saturated carbocycles. The Balaban J connectivity index is 1.89. The van der Waals surface area contributed by atoms with Crippen LogP contribution in [0.3, 0.4) is 0 Å². The molecule has 2 fully saturated rings. The van der Waals surface area contributed by atoms with Crippen LogP contribution in [0.5, 0.6) is 0 Å². The van der Waals surface area contributed by atoms with E-state index in [1.807, 2.05) is 6.92 Å². The number of amides is 1. The molecule has 0 spiro atoms. The van der Waals surface area contributed by atoms with Gasteiger partial charge in [0.2, 0.25) is 5.91 Å². The Labute approximate surface area is 137 Å². The van der Waals surface area contributed by atoms with Gasteiger partial charge in [0.15, 0.2) is 0 Å². The number of nitrogens with zero attached hydrogens (tertiary/aromatic N) is 1. The molecule has 3 nitrogen and oxygen atoms in total. The minimum atomic E-state index is -4.65. The summed E-state index contributed by atoms with van der Waals surface area (Å²) >= 11 is 0. The zero-order valence-corrected chi connectivity index (χ0v) is 13.2.